The van der Waals surface area contributed by atoms with Gasteiger partial charge in [0, 0.05) is 5.39 Å². The van der Waals surface area contributed by atoms with Gasteiger partial charge in [0.2, 0.25) is 0 Å². The highest BCUT2D eigenvalue weighted by atomic mass is 35.5. The van der Waals surface area contributed by atoms with E-state index >= 15 is 0 Å². The predicted octanol–water partition coefficient (Wildman–Crippen LogP) is 4.27. The highest BCUT2D eigenvalue weighted by molar-refractivity contribution is 6.31. The van der Waals surface area contributed by atoms with Crippen molar-refractivity contribution in [2.45, 2.75) is 12.5 Å². The summed E-state index contributed by atoms with van der Waals surface area (Å²) in [7, 11) is 0. The largest absolute Gasteiger partial charge is 0.322 e. The minimum Gasteiger partial charge on any atom is -0.322 e. The number of rotatable bonds is 3. The van der Waals surface area contributed by atoms with Crippen LogP contribution in [0.3, 0.4) is 0 Å². The lowest BCUT2D eigenvalue weighted by molar-refractivity contribution is 0.621. The highest BCUT2D eigenvalue weighted by Gasteiger charge is 2.13. The average Bonchev–Trinajstić information content (AvgIpc) is 2.51. The van der Waals surface area contributed by atoms with Gasteiger partial charge in [-0.3, -0.25) is 4.98 Å². The number of benzene rings is 2. The Hall–Kier alpha value is -1.97. The number of aromatic nitrogens is 1. The van der Waals surface area contributed by atoms with Gasteiger partial charge in [0.15, 0.2) is 0 Å². The van der Waals surface area contributed by atoms with Crippen molar-refractivity contribution >= 4 is 22.5 Å². The maximum Gasteiger partial charge on any atom is 0.142 e. The lowest BCUT2D eigenvalue weighted by Gasteiger charge is -2.13. The molecule has 1 atom stereocenters. The molecule has 0 aliphatic heterocycles. The molecule has 4 heteroatoms. The van der Waals surface area contributed by atoms with Crippen molar-refractivity contribution in [3.8, 4) is 0 Å². The topological polar surface area (TPSA) is 38.9 Å². The van der Waals surface area contributed by atoms with Crippen molar-refractivity contribution in [2.24, 2.45) is 5.73 Å². The summed E-state index contributed by atoms with van der Waals surface area (Å²) in [5, 5.41) is 1.20. The molecular weight excluding hydrogens is 287 g/mol. The second-order valence-corrected chi connectivity index (χ2v) is 5.33. The predicted molar refractivity (Wildman–Crippen MR) is 83.8 cm³/mol. The molecule has 2 aromatic carbocycles. The number of hydrogen-bond donors (Lipinski definition) is 1. The van der Waals surface area contributed by atoms with Crippen molar-refractivity contribution in [3.05, 3.63) is 76.7 Å². The number of hydrogen-bond acceptors (Lipinski definition) is 2. The van der Waals surface area contributed by atoms with Gasteiger partial charge in [-0.25, -0.2) is 4.39 Å². The van der Waals surface area contributed by atoms with E-state index in [4.69, 9.17) is 17.3 Å². The molecule has 0 bridgehead atoms. The molecule has 3 aromatic rings. The van der Waals surface area contributed by atoms with E-state index in [9.17, 15) is 4.39 Å². The molecule has 1 unspecified atom stereocenters. The second kappa shape index (κ2) is 5.80. The van der Waals surface area contributed by atoms with Gasteiger partial charge >= 0.3 is 0 Å². The number of para-hydroxylation sites is 1. The minimum atomic E-state index is -0.423. The Labute approximate surface area is 127 Å². The number of nitrogens with zero attached hydrogens (tertiary/aromatic N) is 1. The van der Waals surface area contributed by atoms with Gasteiger partial charge in [0.1, 0.15) is 5.82 Å². The molecule has 0 saturated heterocycles. The second-order valence-electron chi connectivity index (χ2n) is 4.95. The smallest absolute Gasteiger partial charge is 0.142 e. The van der Waals surface area contributed by atoms with Crippen LogP contribution in [0.25, 0.3) is 10.9 Å². The molecule has 0 radical (unpaired) electrons. The first-order valence-electron chi connectivity index (χ1n) is 6.69. The van der Waals surface area contributed by atoms with E-state index in [-0.39, 0.29) is 11.1 Å². The summed E-state index contributed by atoms with van der Waals surface area (Å²) < 4.78 is 13.5. The van der Waals surface area contributed by atoms with Crippen molar-refractivity contribution in [1.29, 1.82) is 0 Å². The van der Waals surface area contributed by atoms with Crippen molar-refractivity contribution in [3.63, 3.8) is 0 Å². The van der Waals surface area contributed by atoms with Crippen LogP contribution in [-0.4, -0.2) is 4.98 Å². The van der Waals surface area contributed by atoms with Crippen molar-refractivity contribution in [2.75, 3.05) is 0 Å². The zero-order valence-corrected chi connectivity index (χ0v) is 12.0. The molecule has 0 saturated carbocycles. The fourth-order valence-electron chi connectivity index (χ4n) is 2.34. The summed E-state index contributed by atoms with van der Waals surface area (Å²) in [4.78, 5) is 4.56. The van der Waals surface area contributed by atoms with Crippen LogP contribution in [-0.2, 0) is 6.42 Å². The molecule has 1 heterocycles. The summed E-state index contributed by atoms with van der Waals surface area (Å²) >= 11 is 5.97. The molecule has 21 heavy (non-hydrogen) atoms. The van der Waals surface area contributed by atoms with E-state index in [1.54, 1.807) is 12.1 Å². The Bertz CT molecular complexity index is 789. The van der Waals surface area contributed by atoms with Crippen LogP contribution in [0.15, 0.2) is 54.6 Å². The maximum absolute atomic E-state index is 13.5. The Kier molecular flexibility index (Phi) is 3.86. The Balaban J connectivity index is 1.89. The first kappa shape index (κ1) is 14.0. The third-order valence-corrected chi connectivity index (χ3v) is 3.89. The first-order chi connectivity index (χ1) is 10.1. The zero-order chi connectivity index (χ0) is 14.8. The number of fused-ring (bicyclic) bond motifs is 1. The van der Waals surface area contributed by atoms with E-state index in [2.05, 4.69) is 4.98 Å². The Morgan fingerprint density at radius 1 is 1.05 bits per heavy atom. The van der Waals surface area contributed by atoms with Crippen LogP contribution >= 0.6 is 11.6 Å². The highest BCUT2D eigenvalue weighted by Crippen LogP contribution is 2.24. The van der Waals surface area contributed by atoms with Crippen LogP contribution in [0.4, 0.5) is 4.39 Å². The molecule has 106 valence electrons. The van der Waals surface area contributed by atoms with Crippen molar-refractivity contribution in [1.82, 2.24) is 4.98 Å². The zero-order valence-electron chi connectivity index (χ0n) is 11.3. The van der Waals surface area contributed by atoms with Gasteiger partial charge in [0.25, 0.3) is 0 Å². The maximum atomic E-state index is 13.5. The van der Waals surface area contributed by atoms with Crippen LogP contribution in [0.5, 0.6) is 0 Å². The molecule has 0 fully saturated rings. The third-order valence-electron chi connectivity index (χ3n) is 3.47. The Morgan fingerprint density at radius 3 is 2.71 bits per heavy atom. The summed E-state index contributed by atoms with van der Waals surface area (Å²) in [6.07, 6.45) is 0.446. The van der Waals surface area contributed by atoms with E-state index in [1.807, 2.05) is 36.4 Å². The van der Waals surface area contributed by atoms with E-state index < -0.39 is 5.82 Å². The molecule has 0 aliphatic carbocycles. The molecular formula is C17H14ClFN2. The molecule has 2 nitrogen and oxygen atoms in total. The number of pyridine rings is 1. The van der Waals surface area contributed by atoms with E-state index in [0.717, 1.165) is 16.6 Å². The first-order valence-corrected chi connectivity index (χ1v) is 7.07. The molecule has 1 aromatic heterocycles. The Morgan fingerprint density at radius 2 is 1.86 bits per heavy atom. The van der Waals surface area contributed by atoms with E-state index in [1.165, 1.54) is 6.07 Å². The standard InChI is InChI=1S/C17H14ClFN2/c18-17-12(5-3-6-13(17)19)10-14(20)16-9-8-11-4-1-2-7-15(11)21-16/h1-9,14H,10,20H2. The SMILES string of the molecule is NC(Cc1cccc(F)c1Cl)c1ccc2ccccc2n1. The minimum absolute atomic E-state index is 0.133. The summed E-state index contributed by atoms with van der Waals surface area (Å²) in [5.41, 5.74) is 8.56. The van der Waals surface area contributed by atoms with E-state index in [0.29, 0.717) is 12.0 Å². The van der Waals surface area contributed by atoms with Gasteiger partial charge in [-0.2, -0.15) is 0 Å². The monoisotopic (exact) mass is 300 g/mol. The summed E-state index contributed by atoms with van der Waals surface area (Å²) in [5.74, 6) is -0.423. The normalized spacial score (nSPS) is 12.5. The van der Waals surface area contributed by atoms with Gasteiger partial charge in [0.05, 0.1) is 22.3 Å². The number of halogens is 2. The lowest BCUT2D eigenvalue weighted by Crippen LogP contribution is -2.15. The van der Waals surface area contributed by atoms with Crippen molar-refractivity contribution < 1.29 is 4.39 Å². The van der Waals surface area contributed by atoms with Gasteiger partial charge in [-0.1, -0.05) is 48.0 Å². The quantitative estimate of drug-likeness (QED) is 0.784. The molecule has 0 spiro atoms. The molecule has 3 rings (SSSR count). The summed E-state index contributed by atoms with van der Waals surface area (Å²) in [6.45, 7) is 0. The van der Waals surface area contributed by atoms with Gasteiger partial charge < -0.3 is 5.73 Å². The fourth-order valence-corrected chi connectivity index (χ4v) is 2.54. The van der Waals surface area contributed by atoms with Gasteiger partial charge in [-0.15, -0.1) is 0 Å². The molecule has 0 aliphatic rings. The fraction of sp³-hybridized carbons (Fsp3) is 0.118. The molecule has 0 amide bonds. The van der Waals surface area contributed by atoms with Crippen LogP contribution < -0.4 is 5.73 Å². The third kappa shape index (κ3) is 2.89. The van der Waals surface area contributed by atoms with Gasteiger partial charge in [-0.05, 0) is 30.2 Å². The van der Waals surface area contributed by atoms with Crippen LogP contribution in [0, 0.1) is 5.82 Å². The molecule has 2 N–H and O–H groups in total. The summed E-state index contributed by atoms with van der Waals surface area (Å²) in [6, 6.07) is 16.2. The number of nitrogens with two attached hydrogens (primary N) is 1. The lowest BCUT2D eigenvalue weighted by atomic mass is 10.0. The van der Waals surface area contributed by atoms with Crippen LogP contribution in [0.1, 0.15) is 17.3 Å². The average molecular weight is 301 g/mol. The van der Waals surface area contributed by atoms with Crippen LogP contribution in [0.2, 0.25) is 5.02 Å².